The van der Waals surface area contributed by atoms with E-state index in [4.69, 9.17) is 0 Å². The lowest BCUT2D eigenvalue weighted by Crippen LogP contribution is -2.54. The Kier molecular flexibility index (Phi) is 11.0. The minimum absolute atomic E-state index is 0.167. The molecule has 0 aliphatic carbocycles. The first kappa shape index (κ1) is 31.8. The predicted molar refractivity (Wildman–Crippen MR) is 160 cm³/mol. The summed E-state index contributed by atoms with van der Waals surface area (Å²) in [6, 6.07) is 19.6. The lowest BCUT2D eigenvalue weighted by atomic mass is 10.0. The quantitative estimate of drug-likeness (QED) is 0.327. The van der Waals surface area contributed by atoms with Crippen molar-refractivity contribution in [3.8, 4) is 0 Å². The molecular formula is C31H39FN4O4S. The van der Waals surface area contributed by atoms with Gasteiger partial charge in [0.2, 0.25) is 11.8 Å². The topological polar surface area (TPSA) is 90.0 Å². The van der Waals surface area contributed by atoms with Crippen molar-refractivity contribution >= 4 is 27.7 Å². The number of carbonyl (C=O) groups is 2. The molecule has 220 valence electrons. The molecule has 0 heterocycles. The van der Waals surface area contributed by atoms with Crippen LogP contribution in [-0.4, -0.2) is 62.7 Å². The normalized spacial score (nSPS) is 12.2. The van der Waals surface area contributed by atoms with Crippen molar-refractivity contribution in [2.75, 3.05) is 31.5 Å². The van der Waals surface area contributed by atoms with Gasteiger partial charge < -0.3 is 10.2 Å². The molecule has 0 saturated heterocycles. The zero-order valence-electron chi connectivity index (χ0n) is 24.3. The Hall–Kier alpha value is -3.76. The highest BCUT2D eigenvalue weighted by Gasteiger charge is 2.35. The molecule has 3 aromatic carbocycles. The molecule has 3 aromatic rings. The molecule has 0 aromatic heterocycles. The maximum atomic E-state index is 14.9. The Balaban J connectivity index is 2.13. The molecule has 8 nitrogen and oxygen atoms in total. The van der Waals surface area contributed by atoms with E-state index in [2.05, 4.69) is 5.32 Å². The number of nitrogens with one attached hydrogen (secondary N) is 1. The highest BCUT2D eigenvalue weighted by molar-refractivity contribution is 7.90. The van der Waals surface area contributed by atoms with E-state index in [-0.39, 0.29) is 18.5 Å². The van der Waals surface area contributed by atoms with Crippen molar-refractivity contribution in [1.29, 1.82) is 0 Å². The second-order valence-electron chi connectivity index (χ2n) is 10.2. The maximum Gasteiger partial charge on any atom is 0.304 e. The van der Waals surface area contributed by atoms with Gasteiger partial charge in [-0.05, 0) is 49.1 Å². The summed E-state index contributed by atoms with van der Waals surface area (Å²) in [5.41, 5.74) is 2.86. The van der Waals surface area contributed by atoms with Gasteiger partial charge in [0, 0.05) is 39.2 Å². The molecule has 0 saturated carbocycles. The molecule has 0 spiro atoms. The Morgan fingerprint density at radius 3 is 2.24 bits per heavy atom. The van der Waals surface area contributed by atoms with Gasteiger partial charge in [-0.1, -0.05) is 67.6 Å². The van der Waals surface area contributed by atoms with Gasteiger partial charge in [-0.25, -0.2) is 8.70 Å². The van der Waals surface area contributed by atoms with Gasteiger partial charge >= 0.3 is 10.2 Å². The van der Waals surface area contributed by atoms with Crippen molar-refractivity contribution in [3.05, 3.63) is 101 Å². The summed E-state index contributed by atoms with van der Waals surface area (Å²) in [5.74, 6) is -1.55. The number of rotatable bonds is 13. The van der Waals surface area contributed by atoms with Crippen LogP contribution in [0.3, 0.4) is 0 Å². The zero-order chi connectivity index (χ0) is 30.2. The molecular weight excluding hydrogens is 543 g/mol. The summed E-state index contributed by atoms with van der Waals surface area (Å²) >= 11 is 0. The van der Waals surface area contributed by atoms with Gasteiger partial charge in [0.25, 0.3) is 0 Å². The van der Waals surface area contributed by atoms with E-state index in [0.29, 0.717) is 24.2 Å². The van der Waals surface area contributed by atoms with E-state index in [9.17, 15) is 22.4 Å². The Morgan fingerprint density at radius 2 is 1.61 bits per heavy atom. The number of halogens is 1. The minimum Gasteiger partial charge on any atom is -0.354 e. The van der Waals surface area contributed by atoms with Crippen molar-refractivity contribution < 1.29 is 22.4 Å². The Bertz CT molecular complexity index is 1450. The standard InChI is InChI=1S/C31H39FN4O4S/c1-6-18-33-31(38)29(20-25-12-8-7-9-13-25)35(21-26-14-10-11-15-27(26)32)30(37)22-36(41(39,40)34(4)5)28-19-23(2)16-17-24(28)3/h7-17,19,29H,6,18,20-22H2,1-5H3,(H,33,38). The summed E-state index contributed by atoms with van der Waals surface area (Å²) in [4.78, 5) is 29.1. The van der Waals surface area contributed by atoms with Crippen molar-refractivity contribution in [2.45, 2.75) is 46.2 Å². The Morgan fingerprint density at radius 1 is 0.951 bits per heavy atom. The van der Waals surface area contributed by atoms with Crippen LogP contribution in [0.2, 0.25) is 0 Å². The van der Waals surface area contributed by atoms with E-state index in [1.165, 1.54) is 25.1 Å². The van der Waals surface area contributed by atoms with Gasteiger partial charge in [-0.3, -0.25) is 9.59 Å². The van der Waals surface area contributed by atoms with E-state index >= 15 is 0 Å². The molecule has 2 amide bonds. The van der Waals surface area contributed by atoms with Crippen molar-refractivity contribution in [1.82, 2.24) is 14.5 Å². The fourth-order valence-corrected chi connectivity index (χ4v) is 5.53. The number of anilines is 1. The number of nitrogens with zero attached hydrogens (tertiary/aromatic N) is 3. The van der Waals surface area contributed by atoms with Gasteiger partial charge in [0.1, 0.15) is 18.4 Å². The van der Waals surface area contributed by atoms with E-state index in [1.54, 1.807) is 37.3 Å². The molecule has 0 aliphatic heterocycles. The first-order chi connectivity index (χ1) is 19.4. The lowest BCUT2D eigenvalue weighted by Gasteiger charge is -2.35. The Labute approximate surface area is 243 Å². The summed E-state index contributed by atoms with van der Waals surface area (Å²) in [6.45, 7) is 5.13. The molecule has 1 N–H and O–H groups in total. The highest BCUT2D eigenvalue weighted by atomic mass is 32.2. The van der Waals surface area contributed by atoms with Crippen LogP contribution in [0.25, 0.3) is 0 Å². The van der Waals surface area contributed by atoms with Crippen LogP contribution < -0.4 is 9.62 Å². The largest absolute Gasteiger partial charge is 0.354 e. The van der Waals surface area contributed by atoms with Crippen LogP contribution in [0.1, 0.15) is 35.6 Å². The smallest absolute Gasteiger partial charge is 0.304 e. The number of aryl methyl sites for hydroxylation is 2. The monoisotopic (exact) mass is 582 g/mol. The molecule has 1 unspecified atom stereocenters. The van der Waals surface area contributed by atoms with E-state index in [1.807, 2.05) is 50.2 Å². The summed E-state index contributed by atoms with van der Waals surface area (Å²) in [6.07, 6.45) is 0.854. The van der Waals surface area contributed by atoms with Gasteiger partial charge in [-0.2, -0.15) is 12.7 Å². The van der Waals surface area contributed by atoms with Crippen molar-refractivity contribution in [2.24, 2.45) is 0 Å². The molecule has 1 atom stereocenters. The van der Waals surface area contributed by atoms with Gasteiger partial charge in [0.15, 0.2) is 0 Å². The summed E-state index contributed by atoms with van der Waals surface area (Å²) in [5, 5.41) is 2.87. The van der Waals surface area contributed by atoms with Crippen LogP contribution in [0.15, 0.2) is 72.8 Å². The number of carbonyl (C=O) groups excluding carboxylic acids is 2. The zero-order valence-corrected chi connectivity index (χ0v) is 25.1. The number of amides is 2. The SMILES string of the molecule is CCCNC(=O)C(Cc1ccccc1)N(Cc1ccccc1F)C(=O)CN(c1cc(C)ccc1C)S(=O)(=O)N(C)C. The fourth-order valence-electron chi connectivity index (χ4n) is 4.42. The number of hydrogen-bond acceptors (Lipinski definition) is 4. The van der Waals surface area contributed by atoms with Gasteiger partial charge in [0.05, 0.1) is 5.69 Å². The molecule has 0 bridgehead atoms. The number of benzene rings is 3. The molecule has 3 rings (SSSR count). The average molecular weight is 583 g/mol. The fraction of sp³-hybridized carbons (Fsp3) is 0.355. The van der Waals surface area contributed by atoms with Gasteiger partial charge in [-0.15, -0.1) is 0 Å². The first-order valence-electron chi connectivity index (χ1n) is 13.6. The third kappa shape index (κ3) is 8.14. The minimum atomic E-state index is -4.12. The third-order valence-electron chi connectivity index (χ3n) is 6.77. The predicted octanol–water partition coefficient (Wildman–Crippen LogP) is 4.22. The summed E-state index contributed by atoms with van der Waals surface area (Å²) in [7, 11) is -1.33. The van der Waals surface area contributed by atoms with Crippen LogP contribution in [0, 0.1) is 19.7 Å². The molecule has 0 aliphatic rings. The highest BCUT2D eigenvalue weighted by Crippen LogP contribution is 2.26. The molecule has 41 heavy (non-hydrogen) atoms. The van der Waals surface area contributed by atoms with E-state index in [0.717, 1.165) is 19.7 Å². The van der Waals surface area contributed by atoms with Crippen LogP contribution in [-0.2, 0) is 32.8 Å². The molecule has 0 fully saturated rings. The number of hydrogen-bond donors (Lipinski definition) is 1. The third-order valence-corrected chi connectivity index (χ3v) is 8.58. The van der Waals surface area contributed by atoms with Crippen LogP contribution >= 0.6 is 0 Å². The first-order valence-corrected chi connectivity index (χ1v) is 15.0. The second kappa shape index (κ2) is 14.2. The van der Waals surface area contributed by atoms with Crippen LogP contribution in [0.4, 0.5) is 10.1 Å². The average Bonchev–Trinajstić information content (AvgIpc) is 2.94. The van der Waals surface area contributed by atoms with E-state index < -0.39 is 40.4 Å². The summed E-state index contributed by atoms with van der Waals surface area (Å²) < 4.78 is 44.1. The molecule has 0 radical (unpaired) electrons. The lowest BCUT2D eigenvalue weighted by molar-refractivity contribution is -0.140. The van der Waals surface area contributed by atoms with Crippen LogP contribution in [0.5, 0.6) is 0 Å². The second-order valence-corrected chi connectivity index (χ2v) is 12.3. The van der Waals surface area contributed by atoms with Crippen molar-refractivity contribution in [3.63, 3.8) is 0 Å². The molecule has 10 heteroatoms. The maximum absolute atomic E-state index is 14.9.